The number of carbonyl (C=O) groups excluding carboxylic acids is 1. The van der Waals surface area contributed by atoms with Gasteiger partial charge < -0.3 is 14.8 Å². The molecule has 1 atom stereocenters. The lowest BCUT2D eigenvalue weighted by molar-refractivity contribution is -0.115. The van der Waals surface area contributed by atoms with Crippen molar-refractivity contribution in [3.05, 3.63) is 62.5 Å². The van der Waals surface area contributed by atoms with Crippen molar-refractivity contribution in [1.29, 1.82) is 0 Å². The summed E-state index contributed by atoms with van der Waals surface area (Å²) in [5.41, 5.74) is 1.78. The third-order valence-electron chi connectivity index (χ3n) is 4.62. The number of thiocarbonyl (C=S) groups is 1. The number of hydrogen-bond donors (Lipinski definition) is 1. The summed E-state index contributed by atoms with van der Waals surface area (Å²) in [5, 5.41) is 3.40. The molecule has 4 nitrogen and oxygen atoms in total. The monoisotopic (exact) mass is 481 g/mol. The highest BCUT2D eigenvalue weighted by molar-refractivity contribution is 8.26. The largest absolute Gasteiger partial charge is 0.490 e. The van der Waals surface area contributed by atoms with Crippen molar-refractivity contribution in [1.82, 2.24) is 5.32 Å². The minimum atomic E-state index is -0.253. The van der Waals surface area contributed by atoms with Gasteiger partial charge in [-0.2, -0.15) is 0 Å². The van der Waals surface area contributed by atoms with Crippen LogP contribution in [-0.2, 0) is 4.79 Å². The molecule has 0 saturated carbocycles. The summed E-state index contributed by atoms with van der Waals surface area (Å²) in [7, 11) is 0. The first-order valence-electron chi connectivity index (χ1n) is 9.47. The predicted molar refractivity (Wildman–Crippen MR) is 129 cm³/mol. The van der Waals surface area contributed by atoms with Crippen LogP contribution in [0.5, 0.6) is 11.5 Å². The van der Waals surface area contributed by atoms with Crippen LogP contribution in [-0.4, -0.2) is 23.4 Å². The first-order valence-corrected chi connectivity index (χ1v) is 11.5. The van der Waals surface area contributed by atoms with E-state index >= 15 is 0 Å². The average molecular weight is 482 g/mol. The summed E-state index contributed by atoms with van der Waals surface area (Å²) in [6.07, 6.45) is 2.70. The van der Waals surface area contributed by atoms with Crippen LogP contribution in [0.2, 0.25) is 10.0 Å². The van der Waals surface area contributed by atoms with E-state index in [1.165, 1.54) is 17.3 Å². The van der Waals surface area contributed by atoms with Crippen LogP contribution in [0.15, 0.2) is 41.3 Å². The molecule has 3 rings (SSSR count). The number of halogens is 2. The van der Waals surface area contributed by atoms with E-state index in [0.717, 1.165) is 12.2 Å². The van der Waals surface area contributed by atoms with Gasteiger partial charge in [0.25, 0.3) is 5.91 Å². The zero-order chi connectivity index (χ0) is 21.7. The second-order valence-corrected chi connectivity index (χ2v) is 9.26. The van der Waals surface area contributed by atoms with Gasteiger partial charge in [-0.15, -0.1) is 0 Å². The zero-order valence-corrected chi connectivity index (χ0v) is 19.7. The van der Waals surface area contributed by atoms with Crippen LogP contribution >= 0.6 is 47.2 Å². The average Bonchev–Trinajstić information content (AvgIpc) is 3.03. The van der Waals surface area contributed by atoms with Gasteiger partial charge in [0.2, 0.25) is 0 Å². The molecule has 1 saturated heterocycles. The van der Waals surface area contributed by atoms with E-state index in [2.05, 4.69) is 25.2 Å². The summed E-state index contributed by atoms with van der Waals surface area (Å²) in [4.78, 5) is 12.4. The maximum atomic E-state index is 12.0. The molecule has 2 aromatic carbocycles. The highest BCUT2D eigenvalue weighted by atomic mass is 35.5. The first-order chi connectivity index (χ1) is 14.4. The van der Waals surface area contributed by atoms with E-state index in [0.29, 0.717) is 43.1 Å². The van der Waals surface area contributed by atoms with Crippen molar-refractivity contribution in [2.75, 3.05) is 13.2 Å². The van der Waals surface area contributed by atoms with Crippen LogP contribution < -0.4 is 14.8 Å². The number of ether oxygens (including phenoxy) is 2. The van der Waals surface area contributed by atoms with Crippen molar-refractivity contribution in [2.24, 2.45) is 0 Å². The number of thioether (sulfide) groups is 1. The summed E-state index contributed by atoms with van der Waals surface area (Å²) < 4.78 is 12.3. The number of amides is 1. The molecule has 8 heteroatoms. The first kappa shape index (κ1) is 22.9. The molecule has 0 radical (unpaired) electrons. The fourth-order valence-corrected chi connectivity index (χ4v) is 4.54. The Labute approximate surface area is 195 Å². The Morgan fingerprint density at radius 2 is 1.93 bits per heavy atom. The van der Waals surface area contributed by atoms with Gasteiger partial charge in [-0.25, -0.2) is 0 Å². The molecule has 0 aliphatic carbocycles. The van der Waals surface area contributed by atoms with Gasteiger partial charge in [-0.1, -0.05) is 79.2 Å². The normalized spacial score (nSPS) is 15.9. The highest BCUT2D eigenvalue weighted by Gasteiger charge is 2.23. The van der Waals surface area contributed by atoms with Crippen molar-refractivity contribution in [2.45, 2.75) is 26.2 Å². The molecule has 0 bridgehead atoms. The molecule has 1 aliphatic rings. The molecule has 0 aromatic heterocycles. The van der Waals surface area contributed by atoms with Gasteiger partial charge >= 0.3 is 0 Å². The van der Waals surface area contributed by atoms with Gasteiger partial charge in [0.15, 0.2) is 0 Å². The highest BCUT2D eigenvalue weighted by Crippen LogP contribution is 2.36. The second-order valence-electron chi connectivity index (χ2n) is 6.70. The Hall–Kier alpha value is -1.73. The molecule has 0 unspecified atom stereocenters. The van der Waals surface area contributed by atoms with Crippen LogP contribution in [0, 0.1) is 0 Å². The lowest BCUT2D eigenvalue weighted by Crippen LogP contribution is -2.17. The SMILES string of the molecule is CC[C@H](C)c1ccccc1OCCOc1c(Cl)cc(Cl)cc1/C=C1\SC(=S)NC1=O. The quantitative estimate of drug-likeness (QED) is 0.266. The summed E-state index contributed by atoms with van der Waals surface area (Å²) in [6, 6.07) is 11.3. The van der Waals surface area contributed by atoms with Crippen molar-refractivity contribution in [3.8, 4) is 11.5 Å². The minimum absolute atomic E-state index is 0.253. The molecule has 1 amide bonds. The van der Waals surface area contributed by atoms with Crippen molar-refractivity contribution < 1.29 is 14.3 Å². The molecule has 1 heterocycles. The third-order valence-corrected chi connectivity index (χ3v) is 6.28. The third kappa shape index (κ3) is 5.70. The Morgan fingerprint density at radius 3 is 2.63 bits per heavy atom. The topological polar surface area (TPSA) is 47.6 Å². The summed E-state index contributed by atoms with van der Waals surface area (Å²) in [5.74, 6) is 1.45. The number of nitrogens with one attached hydrogen (secondary N) is 1. The standard InChI is InChI=1S/C22H21Cl2NO3S2/c1-3-13(2)16-6-4-5-7-18(16)27-8-9-28-20-14(10-15(23)12-17(20)24)11-19-21(26)25-22(29)30-19/h4-7,10-13H,3,8-9H2,1-2H3,(H,25,26,29)/b19-11-/t13-/m0/s1. The molecule has 1 fully saturated rings. The van der Waals surface area contributed by atoms with E-state index in [4.69, 9.17) is 44.9 Å². The van der Waals surface area contributed by atoms with Gasteiger partial charge in [-0.3, -0.25) is 4.79 Å². The fraction of sp³-hybridized carbons (Fsp3) is 0.273. The lowest BCUT2D eigenvalue weighted by atomic mass is 9.98. The van der Waals surface area contributed by atoms with E-state index in [1.54, 1.807) is 18.2 Å². The predicted octanol–water partition coefficient (Wildman–Crippen LogP) is 6.45. The molecule has 30 heavy (non-hydrogen) atoms. The maximum absolute atomic E-state index is 12.0. The fourth-order valence-electron chi connectivity index (χ4n) is 2.94. The van der Waals surface area contributed by atoms with Gasteiger partial charge in [-0.05, 0) is 42.2 Å². The number of para-hydroxylation sites is 1. The van der Waals surface area contributed by atoms with Crippen molar-refractivity contribution in [3.63, 3.8) is 0 Å². The van der Waals surface area contributed by atoms with Crippen LogP contribution in [0.4, 0.5) is 0 Å². The number of carbonyl (C=O) groups is 1. The Bertz CT molecular complexity index is 994. The van der Waals surface area contributed by atoms with Gasteiger partial charge in [0.05, 0.1) is 9.93 Å². The van der Waals surface area contributed by atoms with Gasteiger partial charge in [0, 0.05) is 10.6 Å². The van der Waals surface area contributed by atoms with Crippen LogP contribution in [0.25, 0.3) is 6.08 Å². The summed E-state index contributed by atoms with van der Waals surface area (Å²) in [6.45, 7) is 4.96. The number of hydrogen-bond acceptors (Lipinski definition) is 5. The van der Waals surface area contributed by atoms with E-state index in [9.17, 15) is 4.79 Å². The smallest absolute Gasteiger partial charge is 0.263 e. The van der Waals surface area contributed by atoms with Crippen LogP contribution in [0.3, 0.4) is 0 Å². The van der Waals surface area contributed by atoms with Gasteiger partial charge in [0.1, 0.15) is 29.0 Å². The zero-order valence-electron chi connectivity index (χ0n) is 16.5. The number of benzene rings is 2. The minimum Gasteiger partial charge on any atom is -0.490 e. The maximum Gasteiger partial charge on any atom is 0.263 e. The van der Waals surface area contributed by atoms with Crippen LogP contribution in [0.1, 0.15) is 37.3 Å². The molecular weight excluding hydrogens is 461 g/mol. The second kappa shape index (κ2) is 10.5. The van der Waals surface area contributed by atoms with E-state index < -0.39 is 0 Å². The van der Waals surface area contributed by atoms with Crippen molar-refractivity contribution >= 4 is 63.5 Å². The number of rotatable bonds is 8. The molecule has 2 aromatic rings. The van der Waals surface area contributed by atoms with E-state index in [1.807, 2.05) is 18.2 Å². The Morgan fingerprint density at radius 1 is 1.20 bits per heavy atom. The molecule has 158 valence electrons. The Balaban J connectivity index is 1.71. The molecule has 1 aliphatic heterocycles. The molecular formula is C22H21Cl2NO3S2. The summed E-state index contributed by atoms with van der Waals surface area (Å²) >= 11 is 18.7. The molecule has 1 N–H and O–H groups in total. The Kier molecular flexibility index (Phi) is 8.06. The molecule has 0 spiro atoms. The lowest BCUT2D eigenvalue weighted by Gasteiger charge is -2.16. The van der Waals surface area contributed by atoms with E-state index in [-0.39, 0.29) is 12.5 Å².